The number of halogens is 1. The third kappa shape index (κ3) is 8.34. The Bertz CT molecular complexity index is 599. The molecule has 0 radical (unpaired) electrons. The number of likely N-dealkylation sites (N-methyl/N-ethyl adjacent to an activating group) is 3. The van der Waals surface area contributed by atoms with E-state index in [0.717, 1.165) is 25.6 Å². The van der Waals surface area contributed by atoms with E-state index in [-0.39, 0.29) is 35.9 Å². The van der Waals surface area contributed by atoms with Crippen LogP contribution in [0.1, 0.15) is 37.9 Å². The van der Waals surface area contributed by atoms with Gasteiger partial charge in [0, 0.05) is 26.7 Å². The number of hydrogen-bond acceptors (Lipinski definition) is 3. The topological polar surface area (TPSA) is 51.2 Å². The van der Waals surface area contributed by atoms with Gasteiger partial charge >= 0.3 is 0 Å². The quantitative estimate of drug-likeness (QED) is 0.320. The summed E-state index contributed by atoms with van der Waals surface area (Å²) < 4.78 is 0. The molecule has 6 nitrogen and oxygen atoms in total. The van der Waals surface area contributed by atoms with Gasteiger partial charge < -0.3 is 20.0 Å². The maximum atomic E-state index is 12.4. The van der Waals surface area contributed by atoms with Gasteiger partial charge in [-0.2, -0.15) is 0 Å². The molecule has 160 valence electrons. The largest absolute Gasteiger partial charge is 0.357 e. The van der Waals surface area contributed by atoms with Gasteiger partial charge in [-0.15, -0.1) is 24.0 Å². The highest BCUT2D eigenvalue weighted by Crippen LogP contribution is 2.19. The molecule has 1 atom stereocenters. The number of hydrogen-bond donors (Lipinski definition) is 1. The van der Waals surface area contributed by atoms with Crippen molar-refractivity contribution < 1.29 is 4.79 Å². The molecule has 0 bridgehead atoms. The fourth-order valence-corrected chi connectivity index (χ4v) is 2.95. The Morgan fingerprint density at radius 2 is 1.64 bits per heavy atom. The zero-order valence-electron chi connectivity index (χ0n) is 18.5. The second-order valence-electron chi connectivity index (χ2n) is 7.01. The number of carbonyl (C=O) groups excluding carboxylic acids is 1. The Morgan fingerprint density at radius 3 is 2.11 bits per heavy atom. The molecule has 1 amide bonds. The van der Waals surface area contributed by atoms with Crippen molar-refractivity contribution in [2.24, 2.45) is 4.99 Å². The van der Waals surface area contributed by atoms with E-state index in [0.29, 0.717) is 13.1 Å². The molecule has 1 unspecified atom stereocenters. The number of nitrogens with one attached hydrogen (secondary N) is 1. The van der Waals surface area contributed by atoms with Crippen molar-refractivity contribution in [3.8, 4) is 0 Å². The van der Waals surface area contributed by atoms with E-state index < -0.39 is 0 Å². The van der Waals surface area contributed by atoms with Crippen LogP contribution in [0.2, 0.25) is 0 Å². The van der Waals surface area contributed by atoms with E-state index in [2.05, 4.69) is 55.5 Å². The molecule has 28 heavy (non-hydrogen) atoms. The Labute approximate surface area is 188 Å². The van der Waals surface area contributed by atoms with Crippen molar-refractivity contribution in [2.75, 3.05) is 53.9 Å². The van der Waals surface area contributed by atoms with Crippen LogP contribution >= 0.6 is 24.0 Å². The second-order valence-corrected chi connectivity index (χ2v) is 7.01. The molecule has 0 spiro atoms. The Morgan fingerprint density at radius 1 is 1.07 bits per heavy atom. The van der Waals surface area contributed by atoms with Crippen molar-refractivity contribution in [1.82, 2.24) is 20.0 Å². The van der Waals surface area contributed by atoms with Crippen molar-refractivity contribution in [3.05, 3.63) is 35.4 Å². The lowest BCUT2D eigenvalue weighted by Crippen LogP contribution is -2.46. The van der Waals surface area contributed by atoms with Gasteiger partial charge in [0.1, 0.15) is 0 Å². The molecule has 0 aliphatic carbocycles. The van der Waals surface area contributed by atoms with Gasteiger partial charge in [-0.1, -0.05) is 29.8 Å². The standard InChI is InChI=1S/C21H37N5O.HI/c1-8-22-21(25(7)16-20(27)26(9-2)10-3)23-15-19(24(5)6)18-13-11-17(4)12-14-18;/h11-14,19H,8-10,15-16H2,1-7H3,(H,22,23);1H. The third-order valence-electron chi connectivity index (χ3n) is 4.68. The summed E-state index contributed by atoms with van der Waals surface area (Å²) in [4.78, 5) is 23.2. The minimum atomic E-state index is 0. The summed E-state index contributed by atoms with van der Waals surface area (Å²) in [5.74, 6) is 0.882. The van der Waals surface area contributed by atoms with Crippen LogP contribution in [0.25, 0.3) is 0 Å². The fourth-order valence-electron chi connectivity index (χ4n) is 2.95. The number of guanidine groups is 1. The average molecular weight is 503 g/mol. The predicted molar refractivity (Wildman–Crippen MR) is 130 cm³/mol. The van der Waals surface area contributed by atoms with Crippen LogP contribution in [0.3, 0.4) is 0 Å². The van der Waals surface area contributed by atoms with Crippen LogP contribution in [0.4, 0.5) is 0 Å². The van der Waals surface area contributed by atoms with Crippen LogP contribution < -0.4 is 5.32 Å². The van der Waals surface area contributed by atoms with Gasteiger partial charge in [0.2, 0.25) is 5.91 Å². The summed E-state index contributed by atoms with van der Waals surface area (Å²) in [6, 6.07) is 8.78. The molecule has 1 N–H and O–H groups in total. The molecular weight excluding hydrogens is 465 g/mol. The van der Waals surface area contributed by atoms with Crippen molar-refractivity contribution in [3.63, 3.8) is 0 Å². The molecule has 7 heteroatoms. The first-order valence-electron chi connectivity index (χ1n) is 9.84. The summed E-state index contributed by atoms with van der Waals surface area (Å²) >= 11 is 0. The molecule has 1 aromatic carbocycles. The van der Waals surface area contributed by atoms with Crippen LogP contribution in [0.15, 0.2) is 29.3 Å². The van der Waals surface area contributed by atoms with Crippen molar-refractivity contribution in [2.45, 2.75) is 33.7 Å². The highest BCUT2D eigenvalue weighted by atomic mass is 127. The highest BCUT2D eigenvalue weighted by Gasteiger charge is 2.17. The number of aryl methyl sites for hydroxylation is 1. The summed E-state index contributed by atoms with van der Waals surface area (Å²) in [6.45, 7) is 11.3. The molecule has 0 fully saturated rings. The van der Waals surface area contributed by atoms with Gasteiger partial charge in [0.25, 0.3) is 0 Å². The van der Waals surface area contributed by atoms with Gasteiger partial charge in [0.15, 0.2) is 5.96 Å². The molecule has 0 aliphatic rings. The van der Waals surface area contributed by atoms with Crippen LogP contribution in [-0.2, 0) is 4.79 Å². The average Bonchev–Trinajstić information content (AvgIpc) is 2.63. The van der Waals surface area contributed by atoms with E-state index >= 15 is 0 Å². The van der Waals surface area contributed by atoms with Crippen molar-refractivity contribution >= 4 is 35.8 Å². The van der Waals surface area contributed by atoms with Crippen LogP contribution in [0, 0.1) is 6.92 Å². The lowest BCUT2D eigenvalue weighted by molar-refractivity contribution is -0.131. The SMILES string of the molecule is CCNC(=NCC(c1ccc(C)cc1)N(C)C)N(C)CC(=O)N(CC)CC.I. The normalized spacial score (nSPS) is 12.4. The molecule has 0 aromatic heterocycles. The number of amides is 1. The summed E-state index contributed by atoms with van der Waals surface area (Å²) in [7, 11) is 6.06. The number of benzene rings is 1. The van der Waals surface area contributed by atoms with E-state index in [9.17, 15) is 4.79 Å². The first-order valence-corrected chi connectivity index (χ1v) is 9.84. The third-order valence-corrected chi connectivity index (χ3v) is 4.68. The Hall–Kier alpha value is -1.35. The molecule has 1 rings (SSSR count). The maximum Gasteiger partial charge on any atom is 0.242 e. The molecule has 0 saturated heterocycles. The predicted octanol–water partition coefficient (Wildman–Crippen LogP) is 2.98. The maximum absolute atomic E-state index is 12.4. The van der Waals surface area contributed by atoms with Gasteiger partial charge in [-0.25, -0.2) is 0 Å². The fraction of sp³-hybridized carbons (Fsp3) is 0.619. The number of nitrogens with zero attached hydrogens (tertiary/aromatic N) is 4. The minimum Gasteiger partial charge on any atom is -0.357 e. The number of carbonyl (C=O) groups is 1. The number of rotatable bonds is 9. The Balaban J connectivity index is 0.00000729. The zero-order chi connectivity index (χ0) is 20.4. The summed E-state index contributed by atoms with van der Waals surface area (Å²) in [6.07, 6.45) is 0. The lowest BCUT2D eigenvalue weighted by Gasteiger charge is -2.27. The first-order chi connectivity index (χ1) is 12.8. The first kappa shape index (κ1) is 26.6. The van der Waals surface area contributed by atoms with Crippen molar-refractivity contribution in [1.29, 1.82) is 0 Å². The van der Waals surface area contributed by atoms with E-state index in [1.165, 1.54) is 11.1 Å². The van der Waals surface area contributed by atoms with Gasteiger partial charge in [-0.05, 0) is 47.4 Å². The van der Waals surface area contributed by atoms with E-state index in [1.807, 2.05) is 37.6 Å². The second kappa shape index (κ2) is 13.8. The van der Waals surface area contributed by atoms with Crippen LogP contribution in [0.5, 0.6) is 0 Å². The van der Waals surface area contributed by atoms with Gasteiger partial charge in [0.05, 0.1) is 19.1 Å². The molecular formula is C21H38IN5O. The molecule has 0 aliphatic heterocycles. The Kier molecular flexibility index (Phi) is 13.1. The monoisotopic (exact) mass is 503 g/mol. The van der Waals surface area contributed by atoms with E-state index in [1.54, 1.807) is 0 Å². The highest BCUT2D eigenvalue weighted by molar-refractivity contribution is 14.0. The summed E-state index contributed by atoms with van der Waals surface area (Å²) in [5, 5.41) is 3.30. The molecule has 0 saturated carbocycles. The summed E-state index contributed by atoms with van der Waals surface area (Å²) in [5.41, 5.74) is 2.50. The molecule has 0 heterocycles. The van der Waals surface area contributed by atoms with Crippen LogP contribution in [-0.4, -0.2) is 80.4 Å². The molecule has 1 aromatic rings. The van der Waals surface area contributed by atoms with Gasteiger partial charge in [-0.3, -0.25) is 9.79 Å². The van der Waals surface area contributed by atoms with E-state index in [4.69, 9.17) is 4.99 Å². The minimum absolute atomic E-state index is 0. The lowest BCUT2D eigenvalue weighted by atomic mass is 10.0. The smallest absolute Gasteiger partial charge is 0.242 e. The zero-order valence-corrected chi connectivity index (χ0v) is 20.9. The number of aliphatic imine (C=N–C) groups is 1.